The molecule has 0 aliphatic carbocycles. The van der Waals surface area contributed by atoms with Gasteiger partial charge in [0.2, 0.25) is 5.88 Å². The highest BCUT2D eigenvalue weighted by atomic mass is 127. The van der Waals surface area contributed by atoms with Crippen molar-refractivity contribution in [3.05, 3.63) is 53.7 Å². The van der Waals surface area contributed by atoms with Gasteiger partial charge in [0.25, 0.3) is 0 Å². The van der Waals surface area contributed by atoms with Gasteiger partial charge in [-0.25, -0.2) is 9.98 Å². The number of aryl methyl sites for hydroxylation is 1. The van der Waals surface area contributed by atoms with E-state index in [0.29, 0.717) is 19.0 Å². The molecule has 0 saturated carbocycles. The van der Waals surface area contributed by atoms with E-state index in [-0.39, 0.29) is 30.1 Å². The summed E-state index contributed by atoms with van der Waals surface area (Å²) in [5, 5.41) is 6.57. The Morgan fingerprint density at radius 1 is 1.22 bits per heavy atom. The lowest BCUT2D eigenvalue weighted by atomic mass is 10.2. The standard InChI is InChI=1S/C20H28N4O2.HI/c1-5-21-20(24-14-17-9-10-22-19(12-17)25-4)23-13-16(3)26-18-8-6-7-15(2)11-18;/h6-12,16H,5,13-14H2,1-4H3,(H2,21,23,24);1H. The first-order chi connectivity index (χ1) is 12.6. The Labute approximate surface area is 178 Å². The van der Waals surface area contributed by atoms with Gasteiger partial charge in [0.1, 0.15) is 11.9 Å². The number of rotatable bonds is 8. The molecule has 0 saturated heterocycles. The SMILES string of the molecule is CCNC(=NCc1ccnc(OC)c1)NCC(C)Oc1cccc(C)c1.I. The van der Waals surface area contributed by atoms with Crippen LogP contribution in [-0.4, -0.2) is 37.2 Å². The van der Waals surface area contributed by atoms with Crippen LogP contribution in [0.5, 0.6) is 11.6 Å². The molecule has 1 atom stereocenters. The van der Waals surface area contributed by atoms with Crippen LogP contribution >= 0.6 is 24.0 Å². The Morgan fingerprint density at radius 3 is 2.74 bits per heavy atom. The first-order valence-corrected chi connectivity index (χ1v) is 8.85. The summed E-state index contributed by atoms with van der Waals surface area (Å²) < 4.78 is 11.1. The number of guanidine groups is 1. The molecule has 0 radical (unpaired) electrons. The fourth-order valence-electron chi connectivity index (χ4n) is 2.38. The molecular formula is C20H29IN4O2. The highest BCUT2D eigenvalue weighted by Gasteiger charge is 2.06. The predicted molar refractivity (Wildman–Crippen MR) is 120 cm³/mol. The molecule has 0 aliphatic rings. The summed E-state index contributed by atoms with van der Waals surface area (Å²) in [6.07, 6.45) is 1.74. The van der Waals surface area contributed by atoms with Crippen molar-refractivity contribution in [1.82, 2.24) is 15.6 Å². The monoisotopic (exact) mass is 484 g/mol. The first-order valence-electron chi connectivity index (χ1n) is 8.85. The third-order valence-corrected chi connectivity index (χ3v) is 3.66. The maximum Gasteiger partial charge on any atom is 0.213 e. The third kappa shape index (κ3) is 8.47. The predicted octanol–water partition coefficient (Wildman–Crippen LogP) is 3.54. The number of aromatic nitrogens is 1. The lowest BCUT2D eigenvalue weighted by molar-refractivity contribution is 0.223. The van der Waals surface area contributed by atoms with Crippen molar-refractivity contribution in [3.8, 4) is 11.6 Å². The minimum Gasteiger partial charge on any atom is -0.489 e. The fraction of sp³-hybridized carbons (Fsp3) is 0.400. The second kappa shape index (κ2) is 12.4. The van der Waals surface area contributed by atoms with Crippen molar-refractivity contribution in [1.29, 1.82) is 0 Å². The van der Waals surface area contributed by atoms with Crippen LogP contribution in [0.25, 0.3) is 0 Å². The zero-order valence-corrected chi connectivity index (χ0v) is 18.7. The minimum atomic E-state index is 0. The Morgan fingerprint density at radius 2 is 2.04 bits per heavy atom. The summed E-state index contributed by atoms with van der Waals surface area (Å²) in [6, 6.07) is 11.9. The van der Waals surface area contributed by atoms with Crippen molar-refractivity contribution in [2.75, 3.05) is 20.2 Å². The molecule has 6 nitrogen and oxygen atoms in total. The molecule has 2 N–H and O–H groups in total. The summed E-state index contributed by atoms with van der Waals surface area (Å²) in [5.41, 5.74) is 2.23. The average Bonchev–Trinajstić information content (AvgIpc) is 2.64. The van der Waals surface area contributed by atoms with Crippen molar-refractivity contribution in [2.45, 2.75) is 33.4 Å². The van der Waals surface area contributed by atoms with Crippen LogP contribution in [0.4, 0.5) is 0 Å². The fourth-order valence-corrected chi connectivity index (χ4v) is 2.38. The van der Waals surface area contributed by atoms with Gasteiger partial charge >= 0.3 is 0 Å². The number of hydrogen-bond acceptors (Lipinski definition) is 4. The van der Waals surface area contributed by atoms with E-state index in [4.69, 9.17) is 9.47 Å². The smallest absolute Gasteiger partial charge is 0.213 e. The Balaban J connectivity index is 0.00000364. The van der Waals surface area contributed by atoms with E-state index in [1.54, 1.807) is 13.3 Å². The van der Waals surface area contributed by atoms with Gasteiger partial charge in [-0.15, -0.1) is 24.0 Å². The zero-order valence-electron chi connectivity index (χ0n) is 16.4. The molecule has 1 heterocycles. The molecule has 148 valence electrons. The number of nitrogens with one attached hydrogen (secondary N) is 2. The summed E-state index contributed by atoms with van der Waals surface area (Å²) in [5.74, 6) is 2.23. The van der Waals surface area contributed by atoms with E-state index in [2.05, 4.69) is 33.6 Å². The number of ether oxygens (including phenoxy) is 2. The van der Waals surface area contributed by atoms with Gasteiger partial charge in [-0.1, -0.05) is 12.1 Å². The highest BCUT2D eigenvalue weighted by Crippen LogP contribution is 2.14. The molecule has 0 aliphatic heterocycles. The normalized spacial score (nSPS) is 11.9. The number of pyridine rings is 1. The van der Waals surface area contributed by atoms with Crippen LogP contribution < -0.4 is 20.1 Å². The molecule has 0 bridgehead atoms. The number of aliphatic imine (C=N–C) groups is 1. The van der Waals surface area contributed by atoms with Gasteiger partial charge in [0, 0.05) is 18.8 Å². The molecule has 1 aromatic heterocycles. The zero-order chi connectivity index (χ0) is 18.8. The molecule has 27 heavy (non-hydrogen) atoms. The second-order valence-electron chi connectivity index (χ2n) is 6.03. The summed E-state index contributed by atoms with van der Waals surface area (Å²) >= 11 is 0. The van der Waals surface area contributed by atoms with Crippen LogP contribution in [0.3, 0.4) is 0 Å². The van der Waals surface area contributed by atoms with Crippen molar-refractivity contribution in [3.63, 3.8) is 0 Å². The van der Waals surface area contributed by atoms with Gasteiger partial charge in [0.15, 0.2) is 5.96 Å². The van der Waals surface area contributed by atoms with Crippen molar-refractivity contribution >= 4 is 29.9 Å². The molecule has 7 heteroatoms. The first kappa shape index (κ1) is 23.0. The largest absolute Gasteiger partial charge is 0.489 e. The molecule has 0 amide bonds. The van der Waals surface area contributed by atoms with Gasteiger partial charge in [-0.05, 0) is 50.1 Å². The van der Waals surface area contributed by atoms with E-state index >= 15 is 0 Å². The molecule has 0 spiro atoms. The quantitative estimate of drug-likeness (QED) is 0.341. The van der Waals surface area contributed by atoms with E-state index in [9.17, 15) is 0 Å². The summed E-state index contributed by atoms with van der Waals surface area (Å²) in [7, 11) is 1.61. The maximum atomic E-state index is 5.95. The maximum absolute atomic E-state index is 5.95. The van der Waals surface area contributed by atoms with E-state index < -0.39 is 0 Å². The molecular weight excluding hydrogens is 455 g/mol. The lowest BCUT2D eigenvalue weighted by Crippen LogP contribution is -2.41. The number of benzene rings is 1. The Bertz CT molecular complexity index is 725. The van der Waals surface area contributed by atoms with Gasteiger partial charge < -0.3 is 20.1 Å². The van der Waals surface area contributed by atoms with Crippen LogP contribution in [0, 0.1) is 6.92 Å². The topological polar surface area (TPSA) is 67.8 Å². The van der Waals surface area contributed by atoms with Crippen LogP contribution in [-0.2, 0) is 6.54 Å². The van der Waals surface area contributed by atoms with Gasteiger partial charge in [0.05, 0.1) is 20.2 Å². The van der Waals surface area contributed by atoms with E-state index in [1.807, 2.05) is 44.2 Å². The summed E-state index contributed by atoms with van der Waals surface area (Å²) in [4.78, 5) is 8.72. The van der Waals surface area contributed by atoms with Crippen LogP contribution in [0.2, 0.25) is 0 Å². The molecule has 0 fully saturated rings. The van der Waals surface area contributed by atoms with Crippen molar-refractivity contribution in [2.24, 2.45) is 4.99 Å². The van der Waals surface area contributed by atoms with Crippen LogP contribution in [0.1, 0.15) is 25.0 Å². The third-order valence-electron chi connectivity index (χ3n) is 3.66. The molecule has 2 aromatic rings. The lowest BCUT2D eigenvalue weighted by Gasteiger charge is -2.18. The van der Waals surface area contributed by atoms with Crippen LogP contribution in [0.15, 0.2) is 47.6 Å². The van der Waals surface area contributed by atoms with E-state index in [1.165, 1.54) is 5.56 Å². The molecule has 1 unspecified atom stereocenters. The number of hydrogen-bond donors (Lipinski definition) is 2. The second-order valence-corrected chi connectivity index (χ2v) is 6.03. The van der Waals surface area contributed by atoms with Gasteiger partial charge in [-0.2, -0.15) is 0 Å². The summed E-state index contributed by atoms with van der Waals surface area (Å²) in [6.45, 7) is 8.12. The number of halogens is 1. The molecule has 2 rings (SSSR count). The van der Waals surface area contributed by atoms with Crippen molar-refractivity contribution < 1.29 is 9.47 Å². The number of methoxy groups -OCH3 is 1. The minimum absolute atomic E-state index is 0. The average molecular weight is 484 g/mol. The Hall–Kier alpha value is -2.03. The number of nitrogens with zero attached hydrogens (tertiary/aromatic N) is 2. The van der Waals surface area contributed by atoms with Gasteiger partial charge in [-0.3, -0.25) is 0 Å². The van der Waals surface area contributed by atoms with E-state index in [0.717, 1.165) is 23.8 Å². The highest BCUT2D eigenvalue weighted by molar-refractivity contribution is 14.0. The molecule has 1 aromatic carbocycles. The Kier molecular flexibility index (Phi) is 10.5.